The summed E-state index contributed by atoms with van der Waals surface area (Å²) in [5.41, 5.74) is 0.817. The van der Waals surface area contributed by atoms with E-state index < -0.39 is 0 Å². The minimum absolute atomic E-state index is 0.0412. The van der Waals surface area contributed by atoms with Gasteiger partial charge >= 0.3 is 0 Å². The molecule has 7 heteroatoms. The highest BCUT2D eigenvalue weighted by atomic mass is 16.5. The molecular formula is C19H22N2O5. The summed E-state index contributed by atoms with van der Waals surface area (Å²) in [5.74, 6) is 1.36. The number of carbonyl (C=O) groups is 2. The zero-order chi connectivity index (χ0) is 18.5. The van der Waals surface area contributed by atoms with Crippen molar-refractivity contribution in [3.8, 4) is 11.5 Å². The van der Waals surface area contributed by atoms with Gasteiger partial charge in [-0.15, -0.1) is 0 Å². The summed E-state index contributed by atoms with van der Waals surface area (Å²) < 4.78 is 15.9. The predicted octanol–water partition coefficient (Wildman–Crippen LogP) is 1.96. The Morgan fingerprint density at radius 2 is 2.12 bits per heavy atom. The normalized spacial score (nSPS) is 16.6. The lowest BCUT2D eigenvalue weighted by Gasteiger charge is -2.16. The Morgan fingerprint density at radius 3 is 2.81 bits per heavy atom. The van der Waals surface area contributed by atoms with E-state index in [2.05, 4.69) is 5.32 Å². The topological polar surface area (TPSA) is 81.0 Å². The van der Waals surface area contributed by atoms with Crippen molar-refractivity contribution in [3.05, 3.63) is 47.9 Å². The quantitative estimate of drug-likeness (QED) is 0.818. The molecule has 1 atom stereocenters. The first-order valence-corrected chi connectivity index (χ1v) is 8.40. The first-order chi connectivity index (χ1) is 12.6. The molecule has 0 spiro atoms. The number of nitrogens with zero attached hydrogens (tertiary/aromatic N) is 1. The van der Waals surface area contributed by atoms with Crippen LogP contribution in [0.3, 0.4) is 0 Å². The number of nitrogens with one attached hydrogen (secondary N) is 1. The van der Waals surface area contributed by atoms with E-state index in [1.54, 1.807) is 37.5 Å². The monoisotopic (exact) mass is 358 g/mol. The number of rotatable bonds is 7. The first kappa shape index (κ1) is 17.8. The molecule has 0 bridgehead atoms. The third-order valence-corrected chi connectivity index (χ3v) is 4.45. The maximum Gasteiger partial charge on any atom is 0.225 e. The summed E-state index contributed by atoms with van der Waals surface area (Å²) in [6, 6.07) is 9.10. The summed E-state index contributed by atoms with van der Waals surface area (Å²) >= 11 is 0. The molecule has 1 saturated heterocycles. The van der Waals surface area contributed by atoms with Gasteiger partial charge in [-0.05, 0) is 18.2 Å². The van der Waals surface area contributed by atoms with Gasteiger partial charge in [0.1, 0.15) is 5.76 Å². The average molecular weight is 358 g/mol. The van der Waals surface area contributed by atoms with Crippen LogP contribution in [-0.4, -0.2) is 37.5 Å². The minimum Gasteiger partial charge on any atom is -0.493 e. The Morgan fingerprint density at radius 1 is 1.27 bits per heavy atom. The second-order valence-electron chi connectivity index (χ2n) is 6.13. The van der Waals surface area contributed by atoms with E-state index in [1.807, 2.05) is 18.2 Å². The van der Waals surface area contributed by atoms with E-state index in [9.17, 15) is 9.59 Å². The van der Waals surface area contributed by atoms with Gasteiger partial charge in [0.15, 0.2) is 11.5 Å². The molecule has 0 saturated carbocycles. The SMILES string of the molecule is COc1cccc(CNC(=O)C2CC(=O)N(Cc3ccco3)C2)c1OC. The summed E-state index contributed by atoms with van der Waals surface area (Å²) in [6.45, 7) is 1.09. The van der Waals surface area contributed by atoms with Crippen LogP contribution in [0.2, 0.25) is 0 Å². The highest BCUT2D eigenvalue weighted by molar-refractivity contribution is 5.89. The van der Waals surface area contributed by atoms with Crippen molar-refractivity contribution in [2.45, 2.75) is 19.5 Å². The van der Waals surface area contributed by atoms with Gasteiger partial charge in [-0.25, -0.2) is 0 Å². The summed E-state index contributed by atoms with van der Waals surface area (Å²) in [5, 5.41) is 2.89. The third-order valence-electron chi connectivity index (χ3n) is 4.45. The molecule has 1 N–H and O–H groups in total. The smallest absolute Gasteiger partial charge is 0.225 e. The van der Waals surface area contributed by atoms with Gasteiger partial charge in [-0.1, -0.05) is 12.1 Å². The number of para-hydroxylation sites is 1. The van der Waals surface area contributed by atoms with Gasteiger partial charge in [0.2, 0.25) is 11.8 Å². The molecule has 1 fully saturated rings. The number of likely N-dealkylation sites (tertiary alicyclic amines) is 1. The average Bonchev–Trinajstić information content (AvgIpc) is 3.29. The van der Waals surface area contributed by atoms with Gasteiger partial charge < -0.3 is 24.1 Å². The Hall–Kier alpha value is -2.96. The summed E-state index contributed by atoms with van der Waals surface area (Å²) in [7, 11) is 3.13. The maximum atomic E-state index is 12.5. The Bertz CT molecular complexity index is 772. The van der Waals surface area contributed by atoms with Gasteiger partial charge in [0.25, 0.3) is 0 Å². The fourth-order valence-corrected chi connectivity index (χ4v) is 3.11. The van der Waals surface area contributed by atoms with Crippen LogP contribution >= 0.6 is 0 Å². The van der Waals surface area contributed by atoms with Crippen LogP contribution in [0.15, 0.2) is 41.0 Å². The molecule has 2 amide bonds. The highest BCUT2D eigenvalue weighted by Crippen LogP contribution is 2.30. The lowest BCUT2D eigenvalue weighted by Crippen LogP contribution is -2.32. The number of benzene rings is 1. The minimum atomic E-state index is -0.367. The van der Waals surface area contributed by atoms with Crippen LogP contribution in [-0.2, 0) is 22.7 Å². The molecule has 2 heterocycles. The molecule has 138 valence electrons. The first-order valence-electron chi connectivity index (χ1n) is 8.40. The fraction of sp³-hybridized carbons (Fsp3) is 0.368. The Balaban J connectivity index is 1.58. The van der Waals surface area contributed by atoms with Crippen molar-refractivity contribution >= 4 is 11.8 Å². The van der Waals surface area contributed by atoms with E-state index >= 15 is 0 Å². The molecule has 7 nitrogen and oxygen atoms in total. The third kappa shape index (κ3) is 3.82. The number of hydrogen-bond acceptors (Lipinski definition) is 5. The Kier molecular flexibility index (Phi) is 5.46. The van der Waals surface area contributed by atoms with Crippen molar-refractivity contribution in [2.75, 3.05) is 20.8 Å². The van der Waals surface area contributed by atoms with Crippen LogP contribution in [0.1, 0.15) is 17.7 Å². The van der Waals surface area contributed by atoms with E-state index in [0.717, 1.165) is 5.56 Å². The fourth-order valence-electron chi connectivity index (χ4n) is 3.11. The van der Waals surface area contributed by atoms with Crippen molar-refractivity contribution in [3.63, 3.8) is 0 Å². The number of ether oxygens (including phenoxy) is 2. The predicted molar refractivity (Wildman–Crippen MR) is 93.6 cm³/mol. The largest absolute Gasteiger partial charge is 0.493 e. The molecule has 1 aromatic carbocycles. The molecule has 2 aromatic rings. The number of amides is 2. The van der Waals surface area contributed by atoms with E-state index in [0.29, 0.717) is 36.9 Å². The number of hydrogen-bond donors (Lipinski definition) is 1. The van der Waals surface area contributed by atoms with Crippen LogP contribution in [0.25, 0.3) is 0 Å². The maximum absolute atomic E-state index is 12.5. The van der Waals surface area contributed by atoms with Crippen LogP contribution in [0.4, 0.5) is 0 Å². The van der Waals surface area contributed by atoms with E-state index in [1.165, 1.54) is 0 Å². The highest BCUT2D eigenvalue weighted by Gasteiger charge is 2.34. The molecular weight excluding hydrogens is 336 g/mol. The van der Waals surface area contributed by atoms with Gasteiger partial charge in [-0.2, -0.15) is 0 Å². The molecule has 1 unspecified atom stereocenters. The molecule has 1 aliphatic heterocycles. The van der Waals surface area contributed by atoms with Crippen molar-refractivity contribution in [2.24, 2.45) is 5.92 Å². The zero-order valence-corrected chi connectivity index (χ0v) is 14.9. The van der Waals surface area contributed by atoms with E-state index in [4.69, 9.17) is 13.9 Å². The molecule has 1 aromatic heterocycles. The number of carbonyl (C=O) groups excluding carboxylic acids is 2. The number of methoxy groups -OCH3 is 2. The Labute approximate surface area is 151 Å². The van der Waals surface area contributed by atoms with Gasteiger partial charge in [0, 0.05) is 25.1 Å². The molecule has 1 aliphatic rings. The lowest BCUT2D eigenvalue weighted by molar-refractivity contribution is -0.129. The number of furan rings is 1. The molecule has 0 aliphatic carbocycles. The summed E-state index contributed by atoms with van der Waals surface area (Å²) in [6.07, 6.45) is 1.78. The molecule has 3 rings (SSSR count). The van der Waals surface area contributed by atoms with Gasteiger partial charge in [0.05, 0.1) is 32.9 Å². The van der Waals surface area contributed by atoms with Crippen molar-refractivity contribution in [1.29, 1.82) is 0 Å². The van der Waals surface area contributed by atoms with E-state index in [-0.39, 0.29) is 24.2 Å². The van der Waals surface area contributed by atoms with Crippen molar-refractivity contribution in [1.82, 2.24) is 10.2 Å². The second-order valence-corrected chi connectivity index (χ2v) is 6.13. The molecule has 26 heavy (non-hydrogen) atoms. The zero-order valence-electron chi connectivity index (χ0n) is 14.9. The van der Waals surface area contributed by atoms with Crippen LogP contribution in [0.5, 0.6) is 11.5 Å². The van der Waals surface area contributed by atoms with Crippen LogP contribution in [0, 0.1) is 5.92 Å². The second kappa shape index (κ2) is 7.95. The molecule has 0 radical (unpaired) electrons. The lowest BCUT2D eigenvalue weighted by atomic mass is 10.1. The van der Waals surface area contributed by atoms with Crippen LogP contribution < -0.4 is 14.8 Å². The van der Waals surface area contributed by atoms with Gasteiger partial charge in [-0.3, -0.25) is 9.59 Å². The standard InChI is InChI=1S/C19H22N2O5/c1-24-16-7-3-5-13(18(16)25-2)10-20-19(23)14-9-17(22)21(11-14)12-15-6-4-8-26-15/h3-8,14H,9-12H2,1-2H3,(H,20,23). The van der Waals surface area contributed by atoms with Crippen molar-refractivity contribution < 1.29 is 23.5 Å². The summed E-state index contributed by atoms with van der Waals surface area (Å²) in [4.78, 5) is 26.3.